The van der Waals surface area contributed by atoms with Crippen molar-refractivity contribution in [1.29, 1.82) is 5.26 Å². The molecule has 0 saturated heterocycles. The van der Waals surface area contributed by atoms with Gasteiger partial charge in [0.2, 0.25) is 10.0 Å². The molecule has 3 aromatic rings. The zero-order valence-electron chi connectivity index (χ0n) is 15.4. The van der Waals surface area contributed by atoms with Crippen molar-refractivity contribution in [2.75, 3.05) is 7.11 Å². The van der Waals surface area contributed by atoms with Gasteiger partial charge in [-0.2, -0.15) is 5.26 Å². The summed E-state index contributed by atoms with van der Waals surface area (Å²) in [7, 11) is -2.16. The molecule has 0 amide bonds. The number of nitrogens with zero attached hydrogens (tertiary/aromatic N) is 1. The van der Waals surface area contributed by atoms with E-state index in [1.54, 1.807) is 49.6 Å². The van der Waals surface area contributed by atoms with E-state index in [-0.39, 0.29) is 22.0 Å². The van der Waals surface area contributed by atoms with E-state index in [1.807, 2.05) is 6.07 Å². The minimum atomic E-state index is -3.71. The third-order valence-electron chi connectivity index (χ3n) is 4.05. The van der Waals surface area contributed by atoms with Crippen LogP contribution in [0.25, 0.3) is 0 Å². The summed E-state index contributed by atoms with van der Waals surface area (Å²) in [5.74, 6) is 1.34. The largest absolute Gasteiger partial charge is 0.497 e. The Kier molecular flexibility index (Phi) is 6.39. The highest BCUT2D eigenvalue weighted by atomic mass is 35.5. The molecule has 3 aromatic carbocycles. The monoisotopic (exact) mass is 428 g/mol. The lowest BCUT2D eigenvalue weighted by molar-refractivity contribution is 0.414. The summed E-state index contributed by atoms with van der Waals surface area (Å²) in [6.07, 6.45) is 0. The van der Waals surface area contributed by atoms with Gasteiger partial charge in [0, 0.05) is 6.54 Å². The van der Waals surface area contributed by atoms with Gasteiger partial charge in [-0.1, -0.05) is 29.8 Å². The van der Waals surface area contributed by atoms with Gasteiger partial charge in [0.15, 0.2) is 0 Å². The maximum atomic E-state index is 12.5. The second-order valence-corrected chi connectivity index (χ2v) is 8.15. The summed E-state index contributed by atoms with van der Waals surface area (Å²) in [4.78, 5) is 0.0966. The molecule has 0 heterocycles. The normalized spacial score (nSPS) is 10.9. The summed E-state index contributed by atoms with van der Waals surface area (Å²) in [5.41, 5.74) is 0.990. The maximum absolute atomic E-state index is 12.5. The molecule has 0 aliphatic heterocycles. The Morgan fingerprint density at radius 1 is 1.03 bits per heavy atom. The number of ether oxygens (including phenoxy) is 2. The minimum Gasteiger partial charge on any atom is -0.497 e. The number of sulfonamides is 1. The second-order valence-electron chi connectivity index (χ2n) is 5.97. The predicted octanol–water partition coefficient (Wildman–Crippen LogP) is 4.49. The Labute approximate surface area is 174 Å². The molecule has 0 aliphatic rings. The fourth-order valence-corrected chi connectivity index (χ4v) is 3.78. The average molecular weight is 429 g/mol. The number of halogens is 1. The first-order chi connectivity index (χ1) is 13.9. The quantitative estimate of drug-likeness (QED) is 0.598. The number of rotatable bonds is 7. The molecule has 1 N–H and O–H groups in total. The Balaban J connectivity index is 1.72. The molecule has 3 rings (SSSR count). The van der Waals surface area contributed by atoms with Crippen LogP contribution in [0.2, 0.25) is 5.02 Å². The van der Waals surface area contributed by atoms with Crippen LogP contribution in [0, 0.1) is 11.3 Å². The highest BCUT2D eigenvalue weighted by Gasteiger charge is 2.15. The summed E-state index contributed by atoms with van der Waals surface area (Å²) in [5, 5.41) is 9.49. The lowest BCUT2D eigenvalue weighted by Crippen LogP contribution is -2.23. The maximum Gasteiger partial charge on any atom is 0.240 e. The molecule has 0 fully saturated rings. The van der Waals surface area contributed by atoms with Crippen molar-refractivity contribution in [2.24, 2.45) is 0 Å². The molecule has 0 aromatic heterocycles. The first kappa shape index (κ1) is 20.7. The zero-order chi connectivity index (χ0) is 20.9. The molecule has 0 spiro atoms. The Hall–Kier alpha value is -3.05. The Morgan fingerprint density at radius 3 is 2.45 bits per heavy atom. The summed E-state index contributed by atoms with van der Waals surface area (Å²) < 4.78 is 38.4. The van der Waals surface area contributed by atoms with Crippen molar-refractivity contribution in [3.05, 3.63) is 82.9 Å². The van der Waals surface area contributed by atoms with Crippen LogP contribution in [0.15, 0.2) is 71.6 Å². The molecular formula is C21H17ClN2O4S. The highest BCUT2D eigenvalue weighted by molar-refractivity contribution is 7.89. The van der Waals surface area contributed by atoms with Crippen LogP contribution in [0.3, 0.4) is 0 Å². The first-order valence-corrected chi connectivity index (χ1v) is 10.4. The number of hydrogen-bond donors (Lipinski definition) is 1. The molecule has 0 unspecified atom stereocenters. The van der Waals surface area contributed by atoms with Crippen molar-refractivity contribution in [1.82, 2.24) is 4.72 Å². The van der Waals surface area contributed by atoms with Crippen molar-refractivity contribution in [2.45, 2.75) is 11.4 Å². The summed E-state index contributed by atoms with van der Waals surface area (Å²) in [6, 6.07) is 19.9. The number of nitriles is 1. The molecule has 0 saturated carbocycles. The van der Waals surface area contributed by atoms with Gasteiger partial charge < -0.3 is 9.47 Å². The minimum absolute atomic E-state index is 0.0966. The number of methoxy groups -OCH3 is 1. The van der Waals surface area contributed by atoms with Crippen LogP contribution < -0.4 is 14.2 Å². The van der Waals surface area contributed by atoms with Crippen LogP contribution in [0.4, 0.5) is 0 Å². The van der Waals surface area contributed by atoms with Crippen molar-refractivity contribution >= 4 is 21.6 Å². The second kappa shape index (κ2) is 8.97. The lowest BCUT2D eigenvalue weighted by Gasteiger charge is -2.10. The molecule has 148 valence electrons. The van der Waals surface area contributed by atoms with Gasteiger partial charge in [-0.3, -0.25) is 0 Å². The Morgan fingerprint density at radius 2 is 1.76 bits per heavy atom. The average Bonchev–Trinajstić information content (AvgIpc) is 2.73. The number of benzene rings is 3. The van der Waals surface area contributed by atoms with Gasteiger partial charge in [-0.05, 0) is 54.1 Å². The van der Waals surface area contributed by atoms with Gasteiger partial charge in [0.1, 0.15) is 28.9 Å². The van der Waals surface area contributed by atoms with E-state index in [0.29, 0.717) is 17.2 Å². The van der Waals surface area contributed by atoms with Gasteiger partial charge in [-0.15, -0.1) is 0 Å². The van der Waals surface area contributed by atoms with Gasteiger partial charge in [-0.25, -0.2) is 13.1 Å². The fraction of sp³-hybridized carbons (Fsp3) is 0.0952. The van der Waals surface area contributed by atoms with Crippen molar-refractivity contribution in [3.8, 4) is 23.3 Å². The molecule has 0 atom stereocenters. The van der Waals surface area contributed by atoms with E-state index >= 15 is 0 Å². The molecule has 0 radical (unpaired) electrons. The first-order valence-electron chi connectivity index (χ1n) is 8.52. The SMILES string of the molecule is COc1cccc(CNS(=O)(=O)c2ccc(Oc3cccc(Cl)c3C#N)cc2)c1. The van der Waals surface area contributed by atoms with Crippen LogP contribution >= 0.6 is 11.6 Å². The van der Waals surface area contributed by atoms with E-state index < -0.39 is 10.0 Å². The zero-order valence-corrected chi connectivity index (χ0v) is 17.0. The standard InChI is InChI=1S/C21H17ClN2O4S/c1-27-17-5-2-4-15(12-17)14-24-29(25,26)18-10-8-16(9-11-18)28-21-7-3-6-20(22)19(21)13-23/h2-12,24H,14H2,1H3. The van der Waals surface area contributed by atoms with E-state index in [4.69, 9.17) is 21.1 Å². The van der Waals surface area contributed by atoms with Crippen molar-refractivity contribution in [3.63, 3.8) is 0 Å². The van der Waals surface area contributed by atoms with Crippen molar-refractivity contribution < 1.29 is 17.9 Å². The van der Waals surface area contributed by atoms with E-state index in [0.717, 1.165) is 5.56 Å². The van der Waals surface area contributed by atoms with Crippen LogP contribution in [0.5, 0.6) is 17.2 Å². The molecule has 29 heavy (non-hydrogen) atoms. The lowest BCUT2D eigenvalue weighted by atomic mass is 10.2. The number of hydrogen-bond acceptors (Lipinski definition) is 5. The van der Waals surface area contributed by atoms with E-state index in [1.165, 1.54) is 24.3 Å². The molecule has 8 heteroatoms. The van der Waals surface area contributed by atoms with Crippen LogP contribution in [0.1, 0.15) is 11.1 Å². The summed E-state index contributed by atoms with van der Waals surface area (Å²) in [6.45, 7) is 0.131. The number of nitrogens with one attached hydrogen (secondary N) is 1. The van der Waals surface area contributed by atoms with Crippen LogP contribution in [-0.2, 0) is 16.6 Å². The highest BCUT2D eigenvalue weighted by Crippen LogP contribution is 2.30. The van der Waals surface area contributed by atoms with Gasteiger partial charge in [0.25, 0.3) is 0 Å². The summed E-state index contributed by atoms with van der Waals surface area (Å²) >= 11 is 5.99. The van der Waals surface area contributed by atoms with E-state index in [9.17, 15) is 13.7 Å². The molecular weight excluding hydrogens is 412 g/mol. The Bertz CT molecular complexity index is 1160. The van der Waals surface area contributed by atoms with Gasteiger partial charge >= 0.3 is 0 Å². The smallest absolute Gasteiger partial charge is 0.240 e. The van der Waals surface area contributed by atoms with Gasteiger partial charge in [0.05, 0.1) is 17.0 Å². The topological polar surface area (TPSA) is 88.4 Å². The van der Waals surface area contributed by atoms with E-state index in [2.05, 4.69) is 4.72 Å². The third kappa shape index (κ3) is 5.06. The third-order valence-corrected chi connectivity index (χ3v) is 5.78. The van der Waals surface area contributed by atoms with Crippen LogP contribution in [-0.4, -0.2) is 15.5 Å². The molecule has 0 bridgehead atoms. The molecule has 0 aliphatic carbocycles. The molecule has 6 nitrogen and oxygen atoms in total. The predicted molar refractivity (Wildman–Crippen MR) is 110 cm³/mol. The fourth-order valence-electron chi connectivity index (χ4n) is 2.56.